The highest BCUT2D eigenvalue weighted by Gasteiger charge is 2.52. The van der Waals surface area contributed by atoms with Gasteiger partial charge in [-0.3, -0.25) is 9.59 Å². The Hall–Kier alpha value is -1.87. The second kappa shape index (κ2) is 9.96. The molecule has 0 bridgehead atoms. The third-order valence-corrected chi connectivity index (χ3v) is 5.59. The number of alkyl halides is 3. The Kier molecular flexibility index (Phi) is 8.10. The molecule has 0 radical (unpaired) electrons. The van der Waals surface area contributed by atoms with Crippen LogP contribution < -0.4 is 10.6 Å². The number of hydrogen-bond donors (Lipinski definition) is 2. The number of halogens is 5. The van der Waals surface area contributed by atoms with Crippen LogP contribution in [0.15, 0.2) is 18.2 Å². The first-order valence-electron chi connectivity index (χ1n) is 9.72. The summed E-state index contributed by atoms with van der Waals surface area (Å²) in [6.07, 6.45) is -3.00. The number of amides is 2. The van der Waals surface area contributed by atoms with E-state index < -0.39 is 29.2 Å². The number of nitrogens with one attached hydrogen (secondary N) is 2. The first-order chi connectivity index (χ1) is 13.9. The van der Waals surface area contributed by atoms with Crippen LogP contribution in [0.2, 0.25) is 5.02 Å². The lowest BCUT2D eigenvalue weighted by Crippen LogP contribution is -2.49. The van der Waals surface area contributed by atoms with Crippen molar-refractivity contribution in [3.05, 3.63) is 34.6 Å². The summed E-state index contributed by atoms with van der Waals surface area (Å²) in [5.74, 6) is -1.77. The minimum absolute atomic E-state index is 0.139. The van der Waals surface area contributed by atoms with Gasteiger partial charge in [-0.2, -0.15) is 13.2 Å². The number of benzene rings is 1. The lowest BCUT2D eigenvalue weighted by Gasteiger charge is -2.32. The van der Waals surface area contributed by atoms with E-state index in [1.165, 1.54) is 6.07 Å². The van der Waals surface area contributed by atoms with Crippen LogP contribution in [0, 0.1) is 17.2 Å². The van der Waals surface area contributed by atoms with Gasteiger partial charge >= 0.3 is 6.18 Å². The van der Waals surface area contributed by atoms with Crippen molar-refractivity contribution in [3.63, 3.8) is 0 Å². The molecule has 1 saturated heterocycles. The van der Waals surface area contributed by atoms with Gasteiger partial charge in [0.05, 0.1) is 0 Å². The topological polar surface area (TPSA) is 61.4 Å². The van der Waals surface area contributed by atoms with Crippen molar-refractivity contribution in [3.8, 4) is 0 Å². The predicted octanol–water partition coefficient (Wildman–Crippen LogP) is 3.63. The largest absolute Gasteiger partial charge is 0.402 e. The van der Waals surface area contributed by atoms with Crippen LogP contribution in [0.1, 0.15) is 37.0 Å². The van der Waals surface area contributed by atoms with Crippen LogP contribution in [0.3, 0.4) is 0 Å². The van der Waals surface area contributed by atoms with E-state index in [1.807, 2.05) is 0 Å². The first kappa shape index (κ1) is 24.4. The highest BCUT2D eigenvalue weighted by molar-refractivity contribution is 6.31. The Morgan fingerprint density at radius 1 is 1.13 bits per heavy atom. The number of hydrogen-bond acceptors (Lipinski definition) is 3. The molecule has 1 aromatic carbocycles. The normalized spacial score (nSPS) is 16.4. The average Bonchev–Trinajstić information content (AvgIpc) is 2.65. The number of piperidine rings is 1. The Balaban J connectivity index is 1.69. The third-order valence-electron chi connectivity index (χ3n) is 5.37. The summed E-state index contributed by atoms with van der Waals surface area (Å²) in [4.78, 5) is 26.0. The van der Waals surface area contributed by atoms with Gasteiger partial charge < -0.3 is 15.5 Å². The molecule has 0 saturated carbocycles. The molecular formula is C20H26ClF4N3O2. The molecule has 1 heterocycles. The van der Waals surface area contributed by atoms with Crippen LogP contribution in [-0.2, 0) is 4.79 Å². The summed E-state index contributed by atoms with van der Waals surface area (Å²) in [5, 5.41) is 5.29. The molecule has 1 fully saturated rings. The van der Waals surface area contributed by atoms with E-state index in [0.29, 0.717) is 26.2 Å². The van der Waals surface area contributed by atoms with Gasteiger partial charge in [-0.05, 0) is 63.9 Å². The molecule has 5 nitrogen and oxygen atoms in total. The van der Waals surface area contributed by atoms with Crippen molar-refractivity contribution in [2.24, 2.45) is 11.3 Å². The van der Waals surface area contributed by atoms with Crippen molar-refractivity contribution in [1.82, 2.24) is 15.5 Å². The third kappa shape index (κ3) is 6.57. The molecular weight excluding hydrogens is 426 g/mol. The van der Waals surface area contributed by atoms with Crippen molar-refractivity contribution in [2.75, 3.05) is 32.7 Å². The predicted molar refractivity (Wildman–Crippen MR) is 106 cm³/mol. The molecule has 2 rings (SSSR count). The van der Waals surface area contributed by atoms with Gasteiger partial charge in [0.2, 0.25) is 5.91 Å². The quantitative estimate of drug-likeness (QED) is 0.622. The van der Waals surface area contributed by atoms with E-state index in [1.54, 1.807) is 0 Å². The van der Waals surface area contributed by atoms with E-state index in [2.05, 4.69) is 15.5 Å². The van der Waals surface area contributed by atoms with Crippen LogP contribution in [0.4, 0.5) is 17.6 Å². The van der Waals surface area contributed by atoms with Gasteiger partial charge in [0.25, 0.3) is 5.91 Å². The molecule has 0 unspecified atom stereocenters. The SMILES string of the molecule is CC(C)(C(=O)NCCN1CCC(CNC(=O)c2cc(F)cc(Cl)c2)CC1)C(F)(F)F. The minimum Gasteiger partial charge on any atom is -0.354 e. The molecule has 0 spiro atoms. The zero-order valence-corrected chi connectivity index (χ0v) is 17.7. The van der Waals surface area contributed by atoms with E-state index in [9.17, 15) is 27.2 Å². The fraction of sp³-hybridized carbons (Fsp3) is 0.600. The van der Waals surface area contributed by atoms with Crippen molar-refractivity contribution in [1.29, 1.82) is 0 Å². The summed E-state index contributed by atoms with van der Waals surface area (Å²) < 4.78 is 51.9. The van der Waals surface area contributed by atoms with Crippen LogP contribution in [0.5, 0.6) is 0 Å². The Labute approximate surface area is 178 Å². The second-order valence-electron chi connectivity index (χ2n) is 8.03. The fourth-order valence-corrected chi connectivity index (χ4v) is 3.34. The van der Waals surface area contributed by atoms with E-state index in [4.69, 9.17) is 11.6 Å². The van der Waals surface area contributed by atoms with Crippen LogP contribution in [0.25, 0.3) is 0 Å². The number of rotatable bonds is 7. The highest BCUT2D eigenvalue weighted by Crippen LogP contribution is 2.37. The van der Waals surface area contributed by atoms with E-state index in [0.717, 1.165) is 38.8 Å². The first-order valence-corrected chi connectivity index (χ1v) is 10.1. The fourth-order valence-electron chi connectivity index (χ4n) is 3.12. The summed E-state index contributed by atoms with van der Waals surface area (Å²) in [5.41, 5.74) is -2.26. The molecule has 10 heteroatoms. The van der Waals surface area contributed by atoms with Gasteiger partial charge in [0.1, 0.15) is 11.2 Å². The Morgan fingerprint density at radius 3 is 2.33 bits per heavy atom. The average molecular weight is 452 g/mol. The summed E-state index contributed by atoms with van der Waals surface area (Å²) in [7, 11) is 0. The van der Waals surface area contributed by atoms with Gasteiger partial charge in [-0.25, -0.2) is 4.39 Å². The zero-order valence-electron chi connectivity index (χ0n) is 16.9. The lowest BCUT2D eigenvalue weighted by atomic mass is 9.91. The molecule has 0 atom stereocenters. The summed E-state index contributed by atoms with van der Waals surface area (Å²) >= 11 is 5.76. The maximum absolute atomic E-state index is 13.3. The monoisotopic (exact) mass is 451 g/mol. The number of carbonyl (C=O) groups excluding carboxylic acids is 2. The van der Waals surface area contributed by atoms with Gasteiger partial charge in [-0.1, -0.05) is 11.6 Å². The standard InChI is InChI=1S/C20H26ClF4N3O2/c1-19(2,20(23,24)25)18(30)26-5-8-28-6-3-13(4-7-28)12-27-17(29)14-9-15(21)11-16(22)10-14/h9-11,13H,3-8,12H2,1-2H3,(H,26,30)(H,27,29). The van der Waals surface area contributed by atoms with Gasteiger partial charge in [0, 0.05) is 30.2 Å². The lowest BCUT2D eigenvalue weighted by molar-refractivity contribution is -0.211. The van der Waals surface area contributed by atoms with Crippen molar-refractivity contribution in [2.45, 2.75) is 32.9 Å². The molecule has 2 amide bonds. The van der Waals surface area contributed by atoms with E-state index in [-0.39, 0.29) is 23.0 Å². The molecule has 1 aromatic rings. The summed E-state index contributed by atoms with van der Waals surface area (Å²) in [6, 6.07) is 3.65. The molecule has 0 aromatic heterocycles. The van der Waals surface area contributed by atoms with Crippen LogP contribution >= 0.6 is 11.6 Å². The Morgan fingerprint density at radius 2 is 1.77 bits per heavy atom. The van der Waals surface area contributed by atoms with Gasteiger partial charge in [0.15, 0.2) is 0 Å². The number of nitrogens with zero attached hydrogens (tertiary/aromatic N) is 1. The van der Waals surface area contributed by atoms with Crippen molar-refractivity contribution >= 4 is 23.4 Å². The van der Waals surface area contributed by atoms with E-state index >= 15 is 0 Å². The van der Waals surface area contributed by atoms with Crippen molar-refractivity contribution < 1.29 is 27.2 Å². The smallest absolute Gasteiger partial charge is 0.354 e. The molecule has 30 heavy (non-hydrogen) atoms. The number of carbonyl (C=O) groups is 2. The molecule has 1 aliphatic rings. The maximum Gasteiger partial charge on any atom is 0.402 e. The second-order valence-corrected chi connectivity index (χ2v) is 8.47. The summed E-state index contributed by atoms with van der Waals surface area (Å²) in [6.45, 7) is 4.19. The minimum atomic E-state index is -4.60. The molecule has 168 valence electrons. The maximum atomic E-state index is 13.3. The molecule has 2 N–H and O–H groups in total. The molecule has 0 aliphatic carbocycles. The van der Waals surface area contributed by atoms with Crippen LogP contribution in [-0.4, -0.2) is 55.6 Å². The zero-order chi connectivity index (χ0) is 22.5. The number of likely N-dealkylation sites (tertiary alicyclic amines) is 1. The highest BCUT2D eigenvalue weighted by atomic mass is 35.5. The Bertz CT molecular complexity index is 743. The van der Waals surface area contributed by atoms with Gasteiger partial charge in [-0.15, -0.1) is 0 Å². The molecule has 1 aliphatic heterocycles.